The molecule has 1 saturated carbocycles. The molecule has 1 spiro atoms. The van der Waals surface area contributed by atoms with Crippen molar-refractivity contribution in [3.8, 4) is 0 Å². The third kappa shape index (κ3) is 1.78. The van der Waals surface area contributed by atoms with Gasteiger partial charge in [-0.15, -0.1) is 0 Å². The molecule has 1 aliphatic carbocycles. The van der Waals surface area contributed by atoms with Crippen molar-refractivity contribution in [2.45, 2.75) is 44.6 Å². The number of hydrogen-bond acceptors (Lipinski definition) is 4. The Morgan fingerprint density at radius 3 is 2.29 bits per heavy atom. The zero-order valence-corrected chi connectivity index (χ0v) is 12.1. The van der Waals surface area contributed by atoms with Crippen molar-refractivity contribution in [1.29, 1.82) is 0 Å². The molecule has 21 heavy (non-hydrogen) atoms. The number of nitrogens with zero attached hydrogens (tertiary/aromatic N) is 2. The zero-order valence-electron chi connectivity index (χ0n) is 12.1. The first-order valence-electron chi connectivity index (χ1n) is 8.03. The van der Waals surface area contributed by atoms with Crippen LogP contribution < -0.4 is 5.32 Å². The molecule has 0 aromatic heterocycles. The molecule has 0 aromatic carbocycles. The minimum Gasteiger partial charge on any atom is -0.301 e. The van der Waals surface area contributed by atoms with Gasteiger partial charge in [-0.05, 0) is 44.7 Å². The number of hydrogen-bond donors (Lipinski definition) is 1. The quantitative estimate of drug-likeness (QED) is 0.723. The topological polar surface area (TPSA) is 69.7 Å². The SMILES string of the molecule is O=C1NC(=O)C2(CCCC2)C(=O)N1C1CN2CCC1CC2. The first-order chi connectivity index (χ1) is 10.1. The number of nitrogens with one attached hydrogen (secondary N) is 1. The van der Waals surface area contributed by atoms with Gasteiger partial charge in [-0.25, -0.2) is 4.79 Å². The number of rotatable bonds is 1. The van der Waals surface area contributed by atoms with E-state index < -0.39 is 11.4 Å². The van der Waals surface area contributed by atoms with Gasteiger partial charge in [0, 0.05) is 6.54 Å². The van der Waals surface area contributed by atoms with Crippen molar-refractivity contribution in [3.05, 3.63) is 0 Å². The summed E-state index contributed by atoms with van der Waals surface area (Å²) in [4.78, 5) is 41.2. The van der Waals surface area contributed by atoms with Gasteiger partial charge in [0.05, 0.1) is 6.04 Å². The van der Waals surface area contributed by atoms with Crippen LogP contribution in [0.2, 0.25) is 0 Å². The fraction of sp³-hybridized carbons (Fsp3) is 0.800. The molecule has 4 saturated heterocycles. The molecule has 5 rings (SSSR count). The predicted octanol–water partition coefficient (Wildman–Crippen LogP) is 0.719. The van der Waals surface area contributed by atoms with Crippen molar-refractivity contribution < 1.29 is 14.4 Å². The van der Waals surface area contributed by atoms with E-state index in [0.29, 0.717) is 18.8 Å². The lowest BCUT2D eigenvalue weighted by molar-refractivity contribution is -0.155. The average molecular weight is 291 g/mol. The molecule has 1 N–H and O–H groups in total. The van der Waals surface area contributed by atoms with Crippen LogP contribution in [0.4, 0.5) is 4.79 Å². The number of amides is 4. The lowest BCUT2D eigenvalue weighted by Crippen LogP contribution is -2.69. The number of carbonyl (C=O) groups is 3. The number of carbonyl (C=O) groups excluding carboxylic acids is 3. The number of barbiturate groups is 1. The third-order valence-electron chi connectivity index (χ3n) is 5.91. The Kier molecular flexibility index (Phi) is 2.86. The summed E-state index contributed by atoms with van der Waals surface area (Å²) in [6, 6.07) is -0.549. The molecule has 4 heterocycles. The summed E-state index contributed by atoms with van der Waals surface area (Å²) >= 11 is 0. The van der Waals surface area contributed by atoms with Crippen molar-refractivity contribution in [2.24, 2.45) is 11.3 Å². The third-order valence-corrected chi connectivity index (χ3v) is 5.91. The smallest absolute Gasteiger partial charge is 0.301 e. The molecule has 1 unspecified atom stereocenters. The molecule has 6 heteroatoms. The molecule has 1 atom stereocenters. The van der Waals surface area contributed by atoms with Gasteiger partial charge < -0.3 is 4.90 Å². The van der Waals surface area contributed by atoms with Crippen LogP contribution in [-0.4, -0.2) is 53.3 Å². The van der Waals surface area contributed by atoms with E-state index in [4.69, 9.17) is 0 Å². The van der Waals surface area contributed by atoms with Gasteiger partial charge >= 0.3 is 6.03 Å². The molecule has 0 aromatic rings. The highest BCUT2D eigenvalue weighted by Crippen LogP contribution is 2.43. The van der Waals surface area contributed by atoms with E-state index in [1.54, 1.807) is 0 Å². The molecule has 4 aliphatic heterocycles. The molecular weight excluding hydrogens is 270 g/mol. The van der Waals surface area contributed by atoms with Gasteiger partial charge in [0.1, 0.15) is 5.41 Å². The minimum atomic E-state index is -0.958. The van der Waals surface area contributed by atoms with Gasteiger partial charge in [0.25, 0.3) is 0 Å². The van der Waals surface area contributed by atoms with E-state index in [0.717, 1.165) is 45.3 Å². The Morgan fingerprint density at radius 2 is 1.71 bits per heavy atom. The zero-order chi connectivity index (χ0) is 14.6. The second-order valence-corrected chi connectivity index (χ2v) is 6.93. The fourth-order valence-electron chi connectivity index (χ4n) is 4.64. The maximum Gasteiger partial charge on any atom is 0.331 e. The summed E-state index contributed by atoms with van der Waals surface area (Å²) < 4.78 is 0. The van der Waals surface area contributed by atoms with Crippen LogP contribution >= 0.6 is 0 Å². The van der Waals surface area contributed by atoms with Crippen LogP contribution in [0.1, 0.15) is 38.5 Å². The van der Waals surface area contributed by atoms with Gasteiger partial charge in [-0.3, -0.25) is 19.8 Å². The second-order valence-electron chi connectivity index (χ2n) is 6.93. The Labute approximate surface area is 123 Å². The first kappa shape index (κ1) is 13.2. The van der Waals surface area contributed by atoms with Crippen LogP contribution in [0, 0.1) is 11.3 Å². The molecule has 4 amide bonds. The molecule has 0 radical (unpaired) electrons. The Hall–Kier alpha value is -1.43. The summed E-state index contributed by atoms with van der Waals surface area (Å²) in [7, 11) is 0. The van der Waals surface area contributed by atoms with E-state index in [1.807, 2.05) is 0 Å². The lowest BCUT2D eigenvalue weighted by atomic mass is 9.78. The minimum absolute atomic E-state index is 0.0504. The summed E-state index contributed by atoms with van der Waals surface area (Å²) in [5.41, 5.74) is -0.958. The normalized spacial score (nSPS) is 38.2. The van der Waals surface area contributed by atoms with Gasteiger partial charge in [0.15, 0.2) is 0 Å². The van der Waals surface area contributed by atoms with E-state index in [-0.39, 0.29) is 17.9 Å². The van der Waals surface area contributed by atoms with Crippen LogP contribution in [-0.2, 0) is 9.59 Å². The highest BCUT2D eigenvalue weighted by atomic mass is 16.2. The van der Waals surface area contributed by atoms with Crippen molar-refractivity contribution in [3.63, 3.8) is 0 Å². The highest BCUT2D eigenvalue weighted by Gasteiger charge is 2.57. The number of imide groups is 2. The predicted molar refractivity (Wildman–Crippen MR) is 74.2 cm³/mol. The first-order valence-corrected chi connectivity index (χ1v) is 8.03. The van der Waals surface area contributed by atoms with E-state index in [9.17, 15) is 14.4 Å². The summed E-state index contributed by atoms with van der Waals surface area (Å²) in [6.07, 6.45) is 5.04. The molecular formula is C15H21N3O3. The summed E-state index contributed by atoms with van der Waals surface area (Å²) in [5.74, 6) is -0.198. The lowest BCUT2D eigenvalue weighted by Gasteiger charge is -2.50. The maximum atomic E-state index is 13.0. The standard InChI is InChI=1S/C15H21N3O3/c19-12-15(5-1-2-6-15)13(20)18(14(21)16-12)11-9-17-7-3-10(11)4-8-17/h10-11H,1-9H2,(H,16,19,21). The largest absolute Gasteiger partial charge is 0.331 e. The Bertz CT molecular complexity index is 504. The van der Waals surface area contributed by atoms with Crippen LogP contribution in [0.5, 0.6) is 0 Å². The number of piperidine rings is 3. The van der Waals surface area contributed by atoms with Crippen LogP contribution in [0.25, 0.3) is 0 Å². The van der Waals surface area contributed by atoms with Crippen molar-refractivity contribution in [2.75, 3.05) is 19.6 Å². The highest BCUT2D eigenvalue weighted by molar-refractivity contribution is 6.19. The average Bonchev–Trinajstić information content (AvgIpc) is 2.98. The second kappa shape index (κ2) is 4.53. The Balaban J connectivity index is 1.66. The van der Waals surface area contributed by atoms with Crippen molar-refractivity contribution >= 4 is 17.8 Å². The molecule has 5 aliphatic rings. The number of urea groups is 1. The monoisotopic (exact) mass is 291 g/mol. The molecule has 2 bridgehead atoms. The Morgan fingerprint density at radius 1 is 1.05 bits per heavy atom. The molecule has 114 valence electrons. The summed E-state index contributed by atoms with van der Waals surface area (Å²) in [6.45, 7) is 2.90. The molecule has 5 fully saturated rings. The number of fused-ring (bicyclic) bond motifs is 3. The van der Waals surface area contributed by atoms with Gasteiger partial charge in [-0.2, -0.15) is 0 Å². The molecule has 6 nitrogen and oxygen atoms in total. The van der Waals surface area contributed by atoms with Gasteiger partial charge in [-0.1, -0.05) is 12.8 Å². The van der Waals surface area contributed by atoms with Crippen molar-refractivity contribution in [1.82, 2.24) is 15.1 Å². The van der Waals surface area contributed by atoms with Gasteiger partial charge in [0.2, 0.25) is 11.8 Å². The van der Waals surface area contributed by atoms with Crippen LogP contribution in [0.15, 0.2) is 0 Å². The van der Waals surface area contributed by atoms with Crippen LogP contribution in [0.3, 0.4) is 0 Å². The van der Waals surface area contributed by atoms with E-state index in [2.05, 4.69) is 10.2 Å². The maximum absolute atomic E-state index is 13.0. The fourth-order valence-corrected chi connectivity index (χ4v) is 4.64. The van der Waals surface area contributed by atoms with E-state index >= 15 is 0 Å². The summed E-state index contributed by atoms with van der Waals surface area (Å²) in [5, 5.41) is 2.46. The van der Waals surface area contributed by atoms with E-state index in [1.165, 1.54) is 4.90 Å².